The van der Waals surface area contributed by atoms with Crippen LogP contribution in [-0.4, -0.2) is 15.7 Å². The minimum absolute atomic E-state index is 0.0703. The molecule has 0 spiro atoms. The summed E-state index contributed by atoms with van der Waals surface area (Å²) in [5.74, 6) is -1.29. The summed E-state index contributed by atoms with van der Waals surface area (Å²) in [5.41, 5.74) is -0.169. The Morgan fingerprint density at radius 3 is 2.67 bits per heavy atom. The number of rotatable bonds is 4. The van der Waals surface area contributed by atoms with Crippen LogP contribution >= 0.6 is 0 Å². The first kappa shape index (κ1) is 15.5. The van der Waals surface area contributed by atoms with Crippen molar-refractivity contribution in [3.05, 3.63) is 85.9 Å². The molecule has 0 atom stereocenters. The fourth-order valence-electron chi connectivity index (χ4n) is 2.59. The number of halogens is 1. The number of benzene rings is 1. The van der Waals surface area contributed by atoms with Crippen molar-refractivity contribution in [3.63, 3.8) is 0 Å². The van der Waals surface area contributed by atoms with Gasteiger partial charge in [-0.2, -0.15) is 0 Å². The fraction of sp³-hybridized carbons (Fsp3) is 0.0588. The number of fused-ring (bicyclic) bond motifs is 1. The average molecular weight is 326 g/mol. The van der Waals surface area contributed by atoms with Gasteiger partial charge in [-0.3, -0.25) is 19.7 Å². The molecule has 1 heterocycles. The van der Waals surface area contributed by atoms with Crippen LogP contribution in [-0.2, 0) is 6.42 Å². The quantitative estimate of drug-likeness (QED) is 0.453. The number of nitro benzene ring substituents is 1. The Morgan fingerprint density at radius 2 is 1.92 bits per heavy atom. The molecule has 0 radical (unpaired) electrons. The van der Waals surface area contributed by atoms with Gasteiger partial charge in [0.15, 0.2) is 5.78 Å². The van der Waals surface area contributed by atoms with E-state index in [4.69, 9.17) is 0 Å². The van der Waals surface area contributed by atoms with Gasteiger partial charge in [0, 0.05) is 29.3 Å². The Kier molecular flexibility index (Phi) is 3.91. The lowest BCUT2D eigenvalue weighted by molar-refractivity contribution is -0.385. The number of carbonyl (C=O) groups excluding carboxylic acids is 1. The second-order valence-corrected chi connectivity index (χ2v) is 5.20. The maximum Gasteiger partial charge on any atom is 0.273 e. The third-order valence-corrected chi connectivity index (χ3v) is 3.65. The average Bonchev–Trinajstić information content (AvgIpc) is 2.67. The number of hydrogen-bond acceptors (Lipinski definition) is 4. The highest BCUT2D eigenvalue weighted by molar-refractivity contribution is 6.03. The summed E-state index contributed by atoms with van der Waals surface area (Å²) in [6.07, 6.45) is -0.436. The molecule has 1 aromatic rings. The van der Waals surface area contributed by atoms with Gasteiger partial charge in [0.05, 0.1) is 10.5 Å². The SMILES string of the molecule is O=C(Cc1cc(F)ccc1[N+](=O)[O-])c1c2cccccc-2[nH]c1=O. The summed E-state index contributed by atoms with van der Waals surface area (Å²) >= 11 is 0. The van der Waals surface area contributed by atoms with E-state index < -0.39 is 28.5 Å². The zero-order valence-corrected chi connectivity index (χ0v) is 12.3. The third kappa shape index (κ3) is 2.79. The van der Waals surface area contributed by atoms with Crippen molar-refractivity contribution >= 4 is 11.5 Å². The van der Waals surface area contributed by atoms with Crippen LogP contribution in [0.3, 0.4) is 0 Å². The summed E-state index contributed by atoms with van der Waals surface area (Å²) in [6.45, 7) is 0. The van der Waals surface area contributed by atoms with Gasteiger partial charge in [0.2, 0.25) is 0 Å². The van der Waals surface area contributed by atoms with E-state index in [2.05, 4.69) is 4.98 Å². The second-order valence-electron chi connectivity index (χ2n) is 5.20. The van der Waals surface area contributed by atoms with Crippen molar-refractivity contribution in [1.29, 1.82) is 0 Å². The summed E-state index contributed by atoms with van der Waals surface area (Å²) in [4.78, 5) is 37.5. The molecular weight excluding hydrogens is 315 g/mol. The largest absolute Gasteiger partial charge is 0.321 e. The Hall–Kier alpha value is -3.35. The zero-order valence-electron chi connectivity index (χ0n) is 12.3. The number of hydrogen-bond donors (Lipinski definition) is 1. The molecule has 2 aliphatic rings. The molecule has 3 rings (SSSR count). The van der Waals surface area contributed by atoms with Crippen molar-refractivity contribution in [2.24, 2.45) is 0 Å². The van der Waals surface area contributed by atoms with E-state index in [1.165, 1.54) is 0 Å². The van der Waals surface area contributed by atoms with Crippen molar-refractivity contribution < 1.29 is 14.1 Å². The standard InChI is InChI=1S/C17H11FN2O4/c18-11-6-7-14(20(23)24)10(8-11)9-15(21)16-12-4-2-1-3-5-13(12)19-17(16)22/h1-8H,9H2,(H,19,22). The molecule has 1 aromatic carbocycles. The number of aromatic amines is 1. The van der Waals surface area contributed by atoms with E-state index in [-0.39, 0.29) is 16.8 Å². The first-order valence-electron chi connectivity index (χ1n) is 7.04. The van der Waals surface area contributed by atoms with E-state index in [1.807, 2.05) is 0 Å². The van der Waals surface area contributed by atoms with Gasteiger partial charge < -0.3 is 4.98 Å². The number of nitrogens with zero attached hydrogens (tertiary/aromatic N) is 1. The molecule has 0 amide bonds. The predicted molar refractivity (Wildman–Crippen MR) is 84.8 cm³/mol. The summed E-state index contributed by atoms with van der Waals surface area (Å²) < 4.78 is 13.4. The first-order valence-corrected chi connectivity index (χ1v) is 7.04. The lowest BCUT2D eigenvalue weighted by Gasteiger charge is -2.03. The van der Waals surface area contributed by atoms with Crippen LogP contribution in [0.1, 0.15) is 15.9 Å². The van der Waals surface area contributed by atoms with E-state index in [0.29, 0.717) is 11.3 Å². The number of carbonyl (C=O) groups is 1. The number of ketones is 1. The summed E-state index contributed by atoms with van der Waals surface area (Å²) in [7, 11) is 0. The minimum Gasteiger partial charge on any atom is -0.321 e. The van der Waals surface area contributed by atoms with E-state index in [1.54, 1.807) is 30.3 Å². The number of H-pyrrole nitrogens is 1. The van der Waals surface area contributed by atoms with Crippen LogP contribution in [0.25, 0.3) is 11.3 Å². The molecule has 7 heteroatoms. The van der Waals surface area contributed by atoms with Crippen LogP contribution in [0.4, 0.5) is 10.1 Å². The zero-order chi connectivity index (χ0) is 17.3. The van der Waals surface area contributed by atoms with Crippen LogP contribution < -0.4 is 5.56 Å². The maximum atomic E-state index is 13.4. The van der Waals surface area contributed by atoms with Crippen LogP contribution in [0, 0.1) is 15.9 Å². The lowest BCUT2D eigenvalue weighted by Crippen LogP contribution is -2.15. The molecule has 1 aliphatic carbocycles. The number of nitro groups is 1. The molecule has 0 saturated carbocycles. The van der Waals surface area contributed by atoms with Crippen LogP contribution in [0.2, 0.25) is 0 Å². The lowest BCUT2D eigenvalue weighted by atomic mass is 9.99. The Labute approximate surface area is 135 Å². The summed E-state index contributed by atoms with van der Waals surface area (Å²) in [5, 5.41) is 11.0. The molecule has 120 valence electrons. The second kappa shape index (κ2) is 6.04. The predicted octanol–water partition coefficient (Wildman–Crippen LogP) is 2.95. The molecule has 6 nitrogen and oxygen atoms in total. The Bertz CT molecular complexity index is 980. The molecule has 0 aromatic heterocycles. The topological polar surface area (TPSA) is 93.1 Å². The maximum absolute atomic E-state index is 13.4. The molecule has 0 fully saturated rings. The van der Waals surface area contributed by atoms with Crippen molar-refractivity contribution in [3.8, 4) is 11.3 Å². The van der Waals surface area contributed by atoms with Crippen molar-refractivity contribution in [2.45, 2.75) is 6.42 Å². The Morgan fingerprint density at radius 1 is 1.17 bits per heavy atom. The van der Waals surface area contributed by atoms with Crippen LogP contribution in [0.15, 0.2) is 53.3 Å². The molecular formula is C17H11FN2O4. The molecule has 24 heavy (non-hydrogen) atoms. The highest BCUT2D eigenvalue weighted by Gasteiger charge is 2.24. The highest BCUT2D eigenvalue weighted by atomic mass is 19.1. The fourth-order valence-corrected chi connectivity index (χ4v) is 2.59. The van der Waals surface area contributed by atoms with E-state index in [9.17, 15) is 24.1 Å². The van der Waals surface area contributed by atoms with Crippen molar-refractivity contribution in [1.82, 2.24) is 4.98 Å². The van der Waals surface area contributed by atoms with Gasteiger partial charge in [0.25, 0.3) is 11.2 Å². The van der Waals surface area contributed by atoms with Crippen molar-refractivity contribution in [2.75, 3.05) is 0 Å². The molecule has 0 saturated heterocycles. The molecule has 0 bridgehead atoms. The monoisotopic (exact) mass is 326 g/mol. The summed E-state index contributed by atoms with van der Waals surface area (Å²) in [6, 6.07) is 11.3. The molecule has 1 N–H and O–H groups in total. The van der Waals surface area contributed by atoms with Gasteiger partial charge >= 0.3 is 0 Å². The molecule has 1 aliphatic heterocycles. The number of nitrogens with one attached hydrogen (secondary N) is 1. The van der Waals surface area contributed by atoms with Gasteiger partial charge in [0.1, 0.15) is 5.82 Å². The minimum atomic E-state index is -0.685. The van der Waals surface area contributed by atoms with Gasteiger partial charge in [-0.25, -0.2) is 4.39 Å². The van der Waals surface area contributed by atoms with Crippen LogP contribution in [0.5, 0.6) is 0 Å². The molecule has 0 unspecified atom stereocenters. The number of aromatic nitrogens is 1. The van der Waals surface area contributed by atoms with E-state index >= 15 is 0 Å². The first-order chi connectivity index (χ1) is 11.5. The third-order valence-electron chi connectivity index (χ3n) is 3.65. The number of Topliss-reactive ketones (excluding diaryl/α,β-unsaturated/α-hetero) is 1. The van der Waals surface area contributed by atoms with Gasteiger partial charge in [-0.15, -0.1) is 0 Å². The normalized spacial score (nSPS) is 10.7. The smallest absolute Gasteiger partial charge is 0.273 e. The highest BCUT2D eigenvalue weighted by Crippen LogP contribution is 2.25. The van der Waals surface area contributed by atoms with E-state index in [0.717, 1.165) is 18.2 Å². The van der Waals surface area contributed by atoms with Gasteiger partial charge in [-0.05, 0) is 18.2 Å². The van der Waals surface area contributed by atoms with Gasteiger partial charge in [-0.1, -0.05) is 24.3 Å². The Balaban J connectivity index is 2.04.